The molecule has 0 saturated heterocycles. The van der Waals surface area contributed by atoms with E-state index in [1.165, 1.54) is 47.5 Å². The quantitative estimate of drug-likeness (QED) is 0.185. The van der Waals surface area contributed by atoms with Crippen LogP contribution in [0.5, 0.6) is 0 Å². The summed E-state index contributed by atoms with van der Waals surface area (Å²) < 4.78 is 2.58. The number of para-hydroxylation sites is 1. The van der Waals surface area contributed by atoms with Gasteiger partial charge in [-0.15, -0.1) is 11.3 Å². The average Bonchev–Trinajstić information content (AvgIpc) is 3.60. The lowest BCUT2D eigenvalue weighted by molar-refractivity contribution is 0.722. The molecule has 0 aliphatic carbocycles. The zero-order chi connectivity index (χ0) is 33.7. The highest BCUT2D eigenvalue weighted by Crippen LogP contribution is 2.46. The van der Waals surface area contributed by atoms with E-state index < -0.39 is 0 Å². The molecule has 4 aromatic heterocycles. The van der Waals surface area contributed by atoms with Crippen LogP contribution in [0.15, 0.2) is 170 Å². The van der Waals surface area contributed by atoms with E-state index in [0.717, 1.165) is 45.0 Å². The first-order chi connectivity index (χ1) is 25.3. The Labute approximate surface area is 299 Å². The molecule has 5 aromatic carbocycles. The Balaban J connectivity index is 1.16. The molecule has 1 aliphatic heterocycles. The van der Waals surface area contributed by atoms with Crippen molar-refractivity contribution >= 4 is 53.2 Å². The number of allylic oxidation sites excluding steroid dienone is 2. The molecule has 1 N–H and O–H groups in total. The number of benzene rings is 5. The van der Waals surface area contributed by atoms with Gasteiger partial charge in [0.15, 0.2) is 0 Å². The van der Waals surface area contributed by atoms with Crippen LogP contribution in [0.1, 0.15) is 11.7 Å². The number of hydrogen-bond acceptors (Lipinski definition) is 5. The van der Waals surface area contributed by atoms with E-state index in [1.807, 2.05) is 48.0 Å². The summed E-state index contributed by atoms with van der Waals surface area (Å²) >= 11 is 1.89. The summed E-state index contributed by atoms with van der Waals surface area (Å²) in [5.41, 5.74) is 10.5. The van der Waals surface area contributed by atoms with Gasteiger partial charge in [-0.25, -0.2) is 9.97 Å². The monoisotopic (exact) mass is 670 g/mol. The van der Waals surface area contributed by atoms with Crippen molar-refractivity contribution in [2.24, 2.45) is 0 Å². The molecule has 0 fully saturated rings. The van der Waals surface area contributed by atoms with Gasteiger partial charge < -0.3 is 5.32 Å². The zero-order valence-electron chi connectivity index (χ0n) is 27.5. The van der Waals surface area contributed by atoms with Crippen LogP contribution >= 0.6 is 11.3 Å². The lowest BCUT2D eigenvalue weighted by atomic mass is 9.95. The number of nitrogens with zero attached hydrogens (tertiary/aromatic N) is 3. The zero-order valence-corrected chi connectivity index (χ0v) is 28.3. The molecule has 0 amide bonds. The number of nitrogens with one attached hydrogen (secondary N) is 1. The van der Waals surface area contributed by atoms with Crippen molar-refractivity contribution in [3.8, 4) is 44.9 Å². The summed E-state index contributed by atoms with van der Waals surface area (Å²) in [5.74, 6) is 0. The molecule has 0 saturated carbocycles. The summed E-state index contributed by atoms with van der Waals surface area (Å²) in [6.07, 6.45) is 9.99. The second-order valence-corrected chi connectivity index (χ2v) is 13.9. The molecular formula is C46H30N4S. The number of pyridine rings is 3. The maximum Gasteiger partial charge on any atom is 0.0896 e. The van der Waals surface area contributed by atoms with E-state index in [2.05, 4.69) is 144 Å². The molecule has 5 heterocycles. The van der Waals surface area contributed by atoms with Gasteiger partial charge in [0.1, 0.15) is 0 Å². The van der Waals surface area contributed by atoms with Crippen LogP contribution in [0.3, 0.4) is 0 Å². The fourth-order valence-electron chi connectivity index (χ4n) is 7.35. The number of thiophene rings is 1. The first-order valence-corrected chi connectivity index (χ1v) is 18.0. The smallest absolute Gasteiger partial charge is 0.0896 e. The van der Waals surface area contributed by atoms with Gasteiger partial charge in [0.25, 0.3) is 0 Å². The standard InChI is InChI=1S/C46H30N4S/c1-2-12-29(13-3-1)44-37-23-22-35-34-18-11-17-33(45(34)51-46(35)43(37)36-16-4-5-19-38(36)50-44)31-15-10-14-30(26-31)32-27-41(39-20-6-8-24-47-39)49-42(28-32)40-21-7-9-25-48-40/h1-28,39,47H. The van der Waals surface area contributed by atoms with Crippen molar-refractivity contribution in [2.45, 2.75) is 6.04 Å². The summed E-state index contributed by atoms with van der Waals surface area (Å²) in [4.78, 5) is 14.9. The van der Waals surface area contributed by atoms with Crippen molar-refractivity contribution in [1.29, 1.82) is 0 Å². The molecule has 0 spiro atoms. The van der Waals surface area contributed by atoms with Gasteiger partial charge in [-0.2, -0.15) is 0 Å². The highest BCUT2D eigenvalue weighted by molar-refractivity contribution is 7.27. The molecular weight excluding hydrogens is 641 g/mol. The topological polar surface area (TPSA) is 50.7 Å². The summed E-state index contributed by atoms with van der Waals surface area (Å²) in [5, 5.41) is 9.62. The van der Waals surface area contributed by atoms with Crippen LogP contribution < -0.4 is 5.32 Å². The van der Waals surface area contributed by atoms with E-state index in [4.69, 9.17) is 9.97 Å². The first kappa shape index (κ1) is 29.5. The fourth-order valence-corrected chi connectivity index (χ4v) is 8.75. The second kappa shape index (κ2) is 12.2. The molecule has 0 bridgehead atoms. The summed E-state index contributed by atoms with van der Waals surface area (Å²) in [6.45, 7) is 0. The molecule has 10 rings (SSSR count). The van der Waals surface area contributed by atoms with Crippen LogP contribution in [0, 0.1) is 0 Å². The molecule has 1 aliphatic rings. The van der Waals surface area contributed by atoms with Crippen LogP contribution in [-0.2, 0) is 0 Å². The normalized spacial score (nSPS) is 14.1. The third kappa shape index (κ3) is 5.09. The minimum absolute atomic E-state index is 0.0172. The van der Waals surface area contributed by atoms with E-state index in [1.54, 1.807) is 0 Å². The van der Waals surface area contributed by atoms with Crippen molar-refractivity contribution in [3.63, 3.8) is 0 Å². The molecule has 240 valence electrons. The van der Waals surface area contributed by atoms with Gasteiger partial charge >= 0.3 is 0 Å². The molecule has 4 nitrogen and oxygen atoms in total. The summed E-state index contributed by atoms with van der Waals surface area (Å²) in [6, 6.07) is 49.6. The van der Waals surface area contributed by atoms with Gasteiger partial charge in [-0.05, 0) is 70.9 Å². The number of dihydropyridines is 1. The van der Waals surface area contributed by atoms with Crippen LogP contribution in [0.25, 0.3) is 86.7 Å². The Kier molecular flexibility index (Phi) is 7.03. The maximum atomic E-state index is 5.18. The lowest BCUT2D eigenvalue weighted by Gasteiger charge is -2.18. The Morgan fingerprint density at radius 1 is 0.529 bits per heavy atom. The van der Waals surface area contributed by atoms with Crippen molar-refractivity contribution < 1.29 is 0 Å². The minimum Gasteiger partial charge on any atom is -0.379 e. The molecule has 0 radical (unpaired) electrons. The largest absolute Gasteiger partial charge is 0.379 e. The van der Waals surface area contributed by atoms with Gasteiger partial charge in [0.05, 0.1) is 34.3 Å². The lowest BCUT2D eigenvalue weighted by Crippen LogP contribution is -2.16. The van der Waals surface area contributed by atoms with Crippen molar-refractivity contribution in [2.75, 3.05) is 0 Å². The average molecular weight is 671 g/mol. The van der Waals surface area contributed by atoms with Gasteiger partial charge in [-0.3, -0.25) is 4.98 Å². The predicted octanol–water partition coefficient (Wildman–Crippen LogP) is 11.9. The van der Waals surface area contributed by atoms with E-state index in [-0.39, 0.29) is 6.04 Å². The fraction of sp³-hybridized carbons (Fsp3) is 0.0217. The predicted molar refractivity (Wildman–Crippen MR) is 214 cm³/mol. The number of hydrogen-bond donors (Lipinski definition) is 1. The number of fused-ring (bicyclic) bond motifs is 7. The van der Waals surface area contributed by atoms with Gasteiger partial charge in [0.2, 0.25) is 0 Å². The molecule has 9 aromatic rings. The van der Waals surface area contributed by atoms with E-state index in [0.29, 0.717) is 0 Å². The van der Waals surface area contributed by atoms with E-state index >= 15 is 0 Å². The van der Waals surface area contributed by atoms with Gasteiger partial charge in [-0.1, -0.05) is 115 Å². The van der Waals surface area contributed by atoms with Crippen molar-refractivity contribution in [1.82, 2.24) is 20.3 Å². The molecule has 1 unspecified atom stereocenters. The Morgan fingerprint density at radius 2 is 1.31 bits per heavy atom. The Hall–Kier alpha value is -6.43. The third-order valence-corrected chi connectivity index (χ3v) is 11.0. The van der Waals surface area contributed by atoms with Crippen molar-refractivity contribution in [3.05, 3.63) is 176 Å². The summed E-state index contributed by atoms with van der Waals surface area (Å²) in [7, 11) is 0. The van der Waals surface area contributed by atoms with Crippen LogP contribution in [0.4, 0.5) is 0 Å². The maximum absolute atomic E-state index is 5.18. The molecule has 51 heavy (non-hydrogen) atoms. The second-order valence-electron chi connectivity index (χ2n) is 12.8. The van der Waals surface area contributed by atoms with Crippen LogP contribution in [-0.4, -0.2) is 15.0 Å². The Morgan fingerprint density at radius 3 is 2.20 bits per heavy atom. The molecule has 1 atom stereocenters. The van der Waals surface area contributed by atoms with Gasteiger partial charge in [0, 0.05) is 48.1 Å². The molecule has 5 heteroatoms. The minimum atomic E-state index is -0.0172. The third-order valence-electron chi connectivity index (χ3n) is 9.76. The highest BCUT2D eigenvalue weighted by atomic mass is 32.1. The number of aromatic nitrogens is 3. The Bertz CT molecular complexity index is 2840. The van der Waals surface area contributed by atoms with Crippen LogP contribution in [0.2, 0.25) is 0 Å². The first-order valence-electron chi connectivity index (χ1n) is 17.1. The highest BCUT2D eigenvalue weighted by Gasteiger charge is 2.19. The van der Waals surface area contributed by atoms with E-state index in [9.17, 15) is 0 Å². The number of rotatable bonds is 5. The SMILES string of the molecule is C1=CNC(c2cc(-c3cccc(-c4cccc5c4sc4c5ccc5c(-c6ccccc6)nc6ccccc6c54)c3)cc(-c3ccccn3)n2)C=C1.